The minimum absolute atomic E-state index is 0.131. The van der Waals surface area contributed by atoms with Crippen LogP contribution < -0.4 is 0 Å². The van der Waals surface area contributed by atoms with Crippen LogP contribution in [-0.4, -0.2) is 27.1 Å². The molecule has 0 aromatic heterocycles. The van der Waals surface area contributed by atoms with Gasteiger partial charge < -0.3 is 9.66 Å². The van der Waals surface area contributed by atoms with Crippen LogP contribution in [0.4, 0.5) is 0 Å². The molecule has 0 aromatic rings. The molecule has 0 bridgehead atoms. The molecular formula is C7H12O3S. The summed E-state index contributed by atoms with van der Waals surface area (Å²) >= 11 is -0.888. The van der Waals surface area contributed by atoms with Gasteiger partial charge in [0.05, 0.1) is 0 Å². The summed E-state index contributed by atoms with van der Waals surface area (Å²) in [7, 11) is 0. The largest absolute Gasteiger partial charge is 0.616 e. The Morgan fingerprint density at radius 2 is 2.27 bits per heavy atom. The van der Waals surface area contributed by atoms with Gasteiger partial charge in [-0.3, -0.25) is 0 Å². The highest BCUT2D eigenvalue weighted by atomic mass is 32.2. The molecule has 0 aliphatic heterocycles. The monoisotopic (exact) mass is 176 g/mol. The van der Waals surface area contributed by atoms with Gasteiger partial charge in [0.15, 0.2) is 0 Å². The lowest BCUT2D eigenvalue weighted by molar-refractivity contribution is -0.132. The van der Waals surface area contributed by atoms with Gasteiger partial charge in [-0.2, -0.15) is 0 Å². The molecule has 3 nitrogen and oxygen atoms in total. The third-order valence-corrected chi connectivity index (χ3v) is 2.56. The molecule has 0 spiro atoms. The number of carboxylic acid groups (broad SMARTS) is 1. The summed E-state index contributed by atoms with van der Waals surface area (Å²) in [5, 5.41) is 8.37. The topological polar surface area (TPSA) is 60.4 Å². The first-order valence-corrected chi connectivity index (χ1v) is 4.82. The fourth-order valence-corrected chi connectivity index (χ4v) is 1.25. The summed E-state index contributed by atoms with van der Waals surface area (Å²) in [6.07, 6.45) is 0.315. The first-order valence-electron chi connectivity index (χ1n) is 3.34. The zero-order valence-electron chi connectivity index (χ0n) is 6.50. The molecule has 64 valence electrons. The van der Waals surface area contributed by atoms with Gasteiger partial charge in [-0.25, -0.2) is 4.79 Å². The van der Waals surface area contributed by atoms with Crippen LogP contribution in [-0.2, 0) is 16.0 Å². The van der Waals surface area contributed by atoms with E-state index in [0.29, 0.717) is 17.9 Å². The predicted octanol–water partition coefficient (Wildman–Crippen LogP) is 0.786. The molecule has 11 heavy (non-hydrogen) atoms. The highest BCUT2D eigenvalue weighted by molar-refractivity contribution is 7.91. The van der Waals surface area contributed by atoms with Gasteiger partial charge in [-0.05, 0) is 6.92 Å². The molecule has 1 atom stereocenters. The maximum atomic E-state index is 10.8. The molecule has 4 heteroatoms. The Balaban J connectivity index is 3.54. The molecule has 0 saturated carbocycles. The highest BCUT2D eigenvalue weighted by Crippen LogP contribution is 2.02. The van der Waals surface area contributed by atoms with Crippen molar-refractivity contribution >= 4 is 17.1 Å². The number of carboxylic acids is 1. The van der Waals surface area contributed by atoms with Crippen LogP contribution in [0.3, 0.4) is 0 Å². The zero-order valence-corrected chi connectivity index (χ0v) is 7.32. The van der Waals surface area contributed by atoms with Crippen LogP contribution in [0, 0.1) is 0 Å². The van der Waals surface area contributed by atoms with E-state index in [1.54, 1.807) is 6.92 Å². The normalized spacial score (nSPS) is 12.5. The van der Waals surface area contributed by atoms with Gasteiger partial charge in [0, 0.05) is 12.0 Å². The first kappa shape index (κ1) is 10.5. The Kier molecular flexibility index (Phi) is 4.98. The van der Waals surface area contributed by atoms with Gasteiger partial charge in [-0.15, -0.1) is 0 Å². The molecular weight excluding hydrogens is 164 g/mol. The van der Waals surface area contributed by atoms with Crippen molar-refractivity contribution in [2.45, 2.75) is 13.3 Å². The number of carbonyl (C=O) groups is 1. The van der Waals surface area contributed by atoms with E-state index in [2.05, 4.69) is 6.58 Å². The van der Waals surface area contributed by atoms with E-state index in [1.807, 2.05) is 0 Å². The van der Waals surface area contributed by atoms with Gasteiger partial charge in [-0.1, -0.05) is 17.8 Å². The average Bonchev–Trinajstić information content (AvgIpc) is 1.99. The Morgan fingerprint density at radius 3 is 2.64 bits per heavy atom. The lowest BCUT2D eigenvalue weighted by Crippen LogP contribution is -2.11. The maximum Gasteiger partial charge on any atom is 0.331 e. The van der Waals surface area contributed by atoms with E-state index in [0.717, 1.165) is 0 Å². The molecule has 0 aliphatic carbocycles. The number of rotatable bonds is 5. The third-order valence-electron chi connectivity index (χ3n) is 1.26. The molecule has 1 unspecified atom stereocenters. The van der Waals surface area contributed by atoms with Gasteiger partial charge >= 0.3 is 5.97 Å². The Morgan fingerprint density at radius 1 is 1.73 bits per heavy atom. The Hall–Kier alpha value is -0.480. The molecule has 1 N–H and O–H groups in total. The second kappa shape index (κ2) is 5.21. The van der Waals surface area contributed by atoms with E-state index in [4.69, 9.17) is 5.11 Å². The maximum absolute atomic E-state index is 10.8. The van der Waals surface area contributed by atoms with Gasteiger partial charge in [0.2, 0.25) is 0 Å². The van der Waals surface area contributed by atoms with E-state index in [-0.39, 0.29) is 5.57 Å². The van der Waals surface area contributed by atoms with Crippen molar-refractivity contribution in [3.05, 3.63) is 12.2 Å². The molecule has 0 heterocycles. The zero-order chi connectivity index (χ0) is 8.85. The van der Waals surface area contributed by atoms with Gasteiger partial charge in [0.25, 0.3) is 0 Å². The fraction of sp³-hybridized carbons (Fsp3) is 0.571. The predicted molar refractivity (Wildman–Crippen MR) is 44.9 cm³/mol. The lowest BCUT2D eigenvalue weighted by atomic mass is 10.2. The Bertz CT molecular complexity index is 156. The van der Waals surface area contributed by atoms with Crippen LogP contribution in [0.5, 0.6) is 0 Å². The van der Waals surface area contributed by atoms with Crippen molar-refractivity contribution in [1.29, 1.82) is 0 Å². The van der Waals surface area contributed by atoms with Crippen molar-refractivity contribution in [3.8, 4) is 0 Å². The summed E-state index contributed by atoms with van der Waals surface area (Å²) in [4.78, 5) is 10.2. The summed E-state index contributed by atoms with van der Waals surface area (Å²) in [6.45, 7) is 5.13. The summed E-state index contributed by atoms with van der Waals surface area (Å²) in [5.41, 5.74) is 0.131. The van der Waals surface area contributed by atoms with Crippen LogP contribution in [0.2, 0.25) is 0 Å². The fourth-order valence-electron chi connectivity index (χ4n) is 0.488. The molecule has 0 saturated heterocycles. The standard InChI is InChI=1S/C7H12O3S/c1-3-11(10)5-4-6(2)7(8)9/h2-5H2,1H3,(H,8,9). The van der Waals surface area contributed by atoms with Crippen molar-refractivity contribution < 1.29 is 14.5 Å². The molecule has 0 rings (SSSR count). The highest BCUT2D eigenvalue weighted by Gasteiger charge is 2.08. The van der Waals surface area contributed by atoms with Crippen molar-refractivity contribution in [2.75, 3.05) is 11.5 Å². The summed E-state index contributed by atoms with van der Waals surface area (Å²) < 4.78 is 10.8. The number of hydrogen-bond donors (Lipinski definition) is 1. The smallest absolute Gasteiger partial charge is 0.331 e. The SMILES string of the molecule is C=C(CC[S+]([O-])CC)C(=O)O. The second-order valence-corrected chi connectivity index (χ2v) is 3.96. The molecule has 0 aromatic carbocycles. The molecule has 0 fully saturated rings. The minimum atomic E-state index is -1.00. The number of hydrogen-bond acceptors (Lipinski definition) is 2. The van der Waals surface area contributed by atoms with Crippen molar-refractivity contribution in [3.63, 3.8) is 0 Å². The quantitative estimate of drug-likeness (QED) is 0.497. The Labute approximate surface area is 69.3 Å². The van der Waals surface area contributed by atoms with Crippen LogP contribution in [0.1, 0.15) is 13.3 Å². The molecule has 0 radical (unpaired) electrons. The van der Waals surface area contributed by atoms with Crippen LogP contribution >= 0.6 is 0 Å². The van der Waals surface area contributed by atoms with Crippen LogP contribution in [0.25, 0.3) is 0 Å². The van der Waals surface area contributed by atoms with E-state index < -0.39 is 17.1 Å². The van der Waals surface area contributed by atoms with E-state index >= 15 is 0 Å². The van der Waals surface area contributed by atoms with Crippen molar-refractivity contribution in [2.24, 2.45) is 0 Å². The lowest BCUT2D eigenvalue weighted by Gasteiger charge is -2.07. The third kappa shape index (κ3) is 4.86. The van der Waals surface area contributed by atoms with Crippen molar-refractivity contribution in [1.82, 2.24) is 0 Å². The second-order valence-electron chi connectivity index (χ2n) is 2.09. The van der Waals surface area contributed by atoms with Crippen LogP contribution in [0.15, 0.2) is 12.2 Å². The number of aliphatic carboxylic acids is 1. The summed E-state index contributed by atoms with van der Waals surface area (Å²) in [5.74, 6) is -0.0211. The summed E-state index contributed by atoms with van der Waals surface area (Å²) in [6, 6.07) is 0. The van der Waals surface area contributed by atoms with E-state index in [1.165, 1.54) is 0 Å². The first-order chi connectivity index (χ1) is 5.07. The minimum Gasteiger partial charge on any atom is -0.616 e. The van der Waals surface area contributed by atoms with E-state index in [9.17, 15) is 9.35 Å². The molecule has 0 aliphatic rings. The van der Waals surface area contributed by atoms with Gasteiger partial charge in [0.1, 0.15) is 11.5 Å². The molecule has 0 amide bonds. The average molecular weight is 176 g/mol.